The third-order valence-electron chi connectivity index (χ3n) is 2.41. The minimum atomic E-state index is -1.46. The summed E-state index contributed by atoms with van der Waals surface area (Å²) in [6.45, 7) is -0.771. The molecule has 6 heteroatoms. The van der Waals surface area contributed by atoms with Gasteiger partial charge in [-0.05, 0) is 17.7 Å². The lowest BCUT2D eigenvalue weighted by molar-refractivity contribution is 0.290. The molecule has 0 aliphatic rings. The Balaban J connectivity index is 2.57. The minimum Gasteiger partial charge on any atom is -0.372 e. The van der Waals surface area contributed by atoms with E-state index in [0.717, 1.165) is 0 Å². The van der Waals surface area contributed by atoms with Crippen LogP contribution >= 0.6 is 0 Å². The third-order valence-corrected chi connectivity index (χ3v) is 2.41. The first-order valence-electron chi connectivity index (χ1n) is 4.99. The van der Waals surface area contributed by atoms with Gasteiger partial charge in [-0.25, -0.2) is 14.0 Å². The number of H-pyrrole nitrogens is 1. The lowest BCUT2D eigenvalue weighted by Gasteiger charge is -2.06. The van der Waals surface area contributed by atoms with Gasteiger partial charge >= 0.3 is 11.4 Å². The number of alkyl halides is 2. The third kappa shape index (κ3) is 2.25. The zero-order valence-electron chi connectivity index (χ0n) is 8.70. The second-order valence-electron chi connectivity index (χ2n) is 3.55. The highest BCUT2D eigenvalue weighted by Crippen LogP contribution is 2.23. The topological polar surface area (TPSA) is 63.1 Å². The van der Waals surface area contributed by atoms with Gasteiger partial charge in [0.05, 0.1) is 17.6 Å². The smallest absolute Gasteiger partial charge is 0.372 e. The highest BCUT2D eigenvalue weighted by Gasteiger charge is 2.11. The SMILES string of the molecule is O=c1[nH]c2cc(C(F)CCF)ccc2c(=O)o1. The molecule has 0 aliphatic carbocycles. The molecule has 0 fully saturated rings. The van der Waals surface area contributed by atoms with Gasteiger partial charge in [0.2, 0.25) is 0 Å². The van der Waals surface area contributed by atoms with Crippen molar-refractivity contribution in [2.45, 2.75) is 12.6 Å². The molecule has 0 bridgehead atoms. The molecule has 1 N–H and O–H groups in total. The Kier molecular flexibility index (Phi) is 3.03. The minimum absolute atomic E-state index is 0.154. The summed E-state index contributed by atoms with van der Waals surface area (Å²) in [5, 5.41) is 0.154. The van der Waals surface area contributed by atoms with Crippen LogP contribution in [0.2, 0.25) is 0 Å². The molecule has 2 aromatic rings. The maximum atomic E-state index is 13.4. The molecule has 1 heterocycles. The van der Waals surface area contributed by atoms with Crippen LogP contribution in [0.3, 0.4) is 0 Å². The summed E-state index contributed by atoms with van der Waals surface area (Å²) in [6.07, 6.45) is -1.71. The van der Waals surface area contributed by atoms with Crippen molar-refractivity contribution in [3.05, 3.63) is 44.7 Å². The Hall–Kier alpha value is -1.98. The molecule has 0 spiro atoms. The summed E-state index contributed by atoms with van der Waals surface area (Å²) in [5.74, 6) is -0.902. The molecular formula is C11H9F2NO3. The van der Waals surface area contributed by atoms with Gasteiger partial charge in [0.15, 0.2) is 0 Å². The maximum absolute atomic E-state index is 13.4. The zero-order chi connectivity index (χ0) is 12.4. The van der Waals surface area contributed by atoms with Crippen LogP contribution in [0, 0.1) is 0 Å². The second kappa shape index (κ2) is 4.48. The van der Waals surface area contributed by atoms with Crippen LogP contribution in [0.25, 0.3) is 10.9 Å². The van der Waals surface area contributed by atoms with Gasteiger partial charge in [0.1, 0.15) is 6.17 Å². The number of aromatic amines is 1. The Morgan fingerprint density at radius 1 is 1.35 bits per heavy atom. The van der Waals surface area contributed by atoms with E-state index >= 15 is 0 Å². The molecule has 4 nitrogen and oxygen atoms in total. The summed E-state index contributed by atoms with van der Waals surface area (Å²) in [7, 11) is 0. The van der Waals surface area contributed by atoms with Gasteiger partial charge in [0, 0.05) is 6.42 Å². The molecule has 0 saturated carbocycles. The van der Waals surface area contributed by atoms with Crippen LogP contribution in [0.1, 0.15) is 18.2 Å². The molecule has 0 radical (unpaired) electrons. The maximum Gasteiger partial charge on any atom is 0.419 e. The fourth-order valence-electron chi connectivity index (χ4n) is 1.58. The Morgan fingerprint density at radius 2 is 2.12 bits per heavy atom. The average Bonchev–Trinajstić information content (AvgIpc) is 2.28. The standard InChI is InChI=1S/C11H9F2NO3/c12-4-3-8(13)6-1-2-7-9(5-6)14-11(16)17-10(7)15/h1-2,5,8H,3-4H2,(H,14,16). The number of hydrogen-bond donors (Lipinski definition) is 1. The van der Waals surface area contributed by atoms with Crippen molar-refractivity contribution in [2.24, 2.45) is 0 Å². The monoisotopic (exact) mass is 241 g/mol. The Bertz CT molecular complexity index is 647. The molecule has 0 amide bonds. The number of nitrogens with one attached hydrogen (secondary N) is 1. The molecule has 1 aromatic carbocycles. The van der Waals surface area contributed by atoms with E-state index in [9.17, 15) is 18.4 Å². The molecular weight excluding hydrogens is 232 g/mol. The van der Waals surface area contributed by atoms with Crippen molar-refractivity contribution in [2.75, 3.05) is 6.67 Å². The van der Waals surface area contributed by atoms with Crippen molar-refractivity contribution >= 4 is 10.9 Å². The van der Waals surface area contributed by atoms with Crippen LogP contribution in [0.5, 0.6) is 0 Å². The van der Waals surface area contributed by atoms with Gasteiger partial charge < -0.3 is 4.42 Å². The summed E-state index contributed by atoms with van der Waals surface area (Å²) in [6, 6.07) is 4.03. The summed E-state index contributed by atoms with van der Waals surface area (Å²) in [5.41, 5.74) is -0.377. The van der Waals surface area contributed by atoms with Gasteiger partial charge in [0.25, 0.3) is 0 Å². The molecule has 0 saturated heterocycles. The number of aromatic nitrogens is 1. The molecule has 0 aliphatic heterocycles. The first-order chi connectivity index (χ1) is 8.11. The van der Waals surface area contributed by atoms with E-state index in [4.69, 9.17) is 0 Å². The van der Waals surface area contributed by atoms with Crippen LogP contribution in [0.4, 0.5) is 8.78 Å². The molecule has 1 atom stereocenters. The molecule has 1 unspecified atom stereocenters. The number of rotatable bonds is 3. The lowest BCUT2D eigenvalue weighted by atomic mass is 10.1. The van der Waals surface area contributed by atoms with E-state index in [1.54, 1.807) is 0 Å². The average molecular weight is 241 g/mol. The van der Waals surface area contributed by atoms with E-state index in [1.165, 1.54) is 18.2 Å². The van der Waals surface area contributed by atoms with Crippen molar-refractivity contribution < 1.29 is 13.2 Å². The van der Waals surface area contributed by atoms with Crippen molar-refractivity contribution in [3.63, 3.8) is 0 Å². The van der Waals surface area contributed by atoms with Gasteiger partial charge in [-0.3, -0.25) is 9.37 Å². The fraction of sp³-hybridized carbons (Fsp3) is 0.273. The summed E-state index contributed by atoms with van der Waals surface area (Å²) >= 11 is 0. The van der Waals surface area contributed by atoms with Crippen LogP contribution < -0.4 is 11.4 Å². The second-order valence-corrected chi connectivity index (χ2v) is 3.55. The van der Waals surface area contributed by atoms with Gasteiger partial charge in [-0.15, -0.1) is 0 Å². The molecule has 17 heavy (non-hydrogen) atoms. The Morgan fingerprint density at radius 3 is 2.82 bits per heavy atom. The van der Waals surface area contributed by atoms with E-state index in [1.807, 2.05) is 0 Å². The Labute approximate surface area is 93.9 Å². The number of benzene rings is 1. The van der Waals surface area contributed by atoms with Crippen molar-refractivity contribution in [1.29, 1.82) is 0 Å². The highest BCUT2D eigenvalue weighted by molar-refractivity contribution is 5.77. The summed E-state index contributed by atoms with van der Waals surface area (Å²) in [4.78, 5) is 24.5. The quantitative estimate of drug-likeness (QED) is 0.891. The van der Waals surface area contributed by atoms with E-state index in [0.29, 0.717) is 0 Å². The van der Waals surface area contributed by atoms with Crippen molar-refractivity contribution in [3.8, 4) is 0 Å². The van der Waals surface area contributed by atoms with Crippen molar-refractivity contribution in [1.82, 2.24) is 4.98 Å². The van der Waals surface area contributed by atoms with Crippen LogP contribution in [-0.2, 0) is 0 Å². The van der Waals surface area contributed by atoms with Crippen LogP contribution in [0.15, 0.2) is 32.2 Å². The number of halogens is 2. The predicted molar refractivity (Wildman–Crippen MR) is 57.5 cm³/mol. The molecule has 2 rings (SSSR count). The predicted octanol–water partition coefficient (Wildman–Crippen LogP) is 1.85. The fourth-order valence-corrected chi connectivity index (χ4v) is 1.58. The van der Waals surface area contributed by atoms with E-state index in [-0.39, 0.29) is 22.9 Å². The first kappa shape index (κ1) is 11.5. The van der Waals surface area contributed by atoms with Crippen LogP contribution in [-0.4, -0.2) is 11.7 Å². The van der Waals surface area contributed by atoms with Gasteiger partial charge in [-0.1, -0.05) is 6.07 Å². The largest absolute Gasteiger partial charge is 0.419 e. The lowest BCUT2D eigenvalue weighted by Crippen LogP contribution is -2.14. The molecule has 90 valence electrons. The first-order valence-corrected chi connectivity index (χ1v) is 4.99. The summed E-state index contributed by atoms with van der Waals surface area (Å²) < 4.78 is 29.8. The highest BCUT2D eigenvalue weighted by atomic mass is 19.1. The van der Waals surface area contributed by atoms with E-state index in [2.05, 4.69) is 9.40 Å². The zero-order valence-corrected chi connectivity index (χ0v) is 8.70. The number of hydrogen-bond acceptors (Lipinski definition) is 3. The normalized spacial score (nSPS) is 12.8. The van der Waals surface area contributed by atoms with E-state index < -0.39 is 24.2 Å². The molecule has 1 aromatic heterocycles. The number of fused-ring (bicyclic) bond motifs is 1. The van der Waals surface area contributed by atoms with Gasteiger partial charge in [-0.2, -0.15) is 0 Å².